The van der Waals surface area contributed by atoms with Crippen LogP contribution in [0, 0.1) is 0 Å². The molecule has 10 nitrogen and oxygen atoms in total. The molecule has 2 rings (SSSR count). The molecule has 2 aromatic rings. The zero-order valence-corrected chi connectivity index (χ0v) is 27.9. The first-order valence-corrected chi connectivity index (χ1v) is 17.0. The van der Waals surface area contributed by atoms with Gasteiger partial charge in [-0.3, -0.25) is 14.9 Å². The number of nitrogens with two attached hydrogens (primary N) is 1. The molecule has 2 atom stereocenters. The van der Waals surface area contributed by atoms with Crippen LogP contribution in [0.15, 0.2) is 48.7 Å². The second-order valence-electron chi connectivity index (χ2n) is 11.6. The number of primary amides is 1. The summed E-state index contributed by atoms with van der Waals surface area (Å²) in [5.74, 6) is -1.46. The van der Waals surface area contributed by atoms with E-state index in [0.717, 1.165) is 31.2 Å². The van der Waals surface area contributed by atoms with Crippen LogP contribution in [0.2, 0.25) is 5.02 Å². The Balaban J connectivity index is 1.87. The normalized spacial score (nSPS) is 12.1. The topological polar surface area (TPSA) is 150 Å². The third-order valence-electron chi connectivity index (χ3n) is 7.52. The van der Waals surface area contributed by atoms with E-state index in [1.807, 2.05) is 30.3 Å². The highest BCUT2D eigenvalue weighted by atomic mass is 35.5. The third kappa shape index (κ3) is 18.3. The van der Waals surface area contributed by atoms with Crippen molar-refractivity contribution in [2.24, 2.45) is 5.73 Å². The van der Waals surface area contributed by atoms with E-state index >= 15 is 0 Å². The van der Waals surface area contributed by atoms with Crippen LogP contribution in [-0.2, 0) is 30.5 Å². The minimum absolute atomic E-state index is 0.0438. The molecule has 1 heterocycles. The molecule has 11 heteroatoms. The van der Waals surface area contributed by atoms with Gasteiger partial charge in [-0.2, -0.15) is 0 Å². The molecule has 254 valence electrons. The van der Waals surface area contributed by atoms with Crippen LogP contribution in [0.4, 0.5) is 10.6 Å². The molecular formula is C35H51ClN4O6. The molecule has 0 saturated carbocycles. The summed E-state index contributed by atoms with van der Waals surface area (Å²) in [5, 5.41) is 5.58. The third-order valence-corrected chi connectivity index (χ3v) is 7.74. The van der Waals surface area contributed by atoms with Gasteiger partial charge in [-0.05, 0) is 43.4 Å². The summed E-state index contributed by atoms with van der Waals surface area (Å²) in [6.45, 7) is 2.37. The van der Waals surface area contributed by atoms with Gasteiger partial charge in [-0.1, -0.05) is 113 Å². The molecule has 3 amide bonds. The van der Waals surface area contributed by atoms with Gasteiger partial charge in [0.15, 0.2) is 0 Å². The van der Waals surface area contributed by atoms with Crippen molar-refractivity contribution in [2.45, 2.75) is 128 Å². The number of carbonyl (C=O) groups is 4. The molecule has 0 aliphatic rings. The van der Waals surface area contributed by atoms with Gasteiger partial charge >= 0.3 is 18.0 Å². The van der Waals surface area contributed by atoms with E-state index in [4.69, 9.17) is 26.8 Å². The number of hydrogen-bond acceptors (Lipinski definition) is 7. The Labute approximate surface area is 278 Å². The van der Waals surface area contributed by atoms with E-state index in [0.29, 0.717) is 11.4 Å². The number of esters is 2. The van der Waals surface area contributed by atoms with Gasteiger partial charge in [0.1, 0.15) is 24.6 Å². The Morgan fingerprint density at radius 2 is 1.50 bits per heavy atom. The minimum Gasteiger partial charge on any atom is -0.461 e. The molecular weight excluding hydrogens is 608 g/mol. The van der Waals surface area contributed by atoms with Crippen LogP contribution < -0.4 is 16.4 Å². The summed E-state index contributed by atoms with van der Waals surface area (Å²) < 4.78 is 11.0. The van der Waals surface area contributed by atoms with Crippen molar-refractivity contribution in [2.75, 3.05) is 5.32 Å². The fourth-order valence-corrected chi connectivity index (χ4v) is 5.09. The Morgan fingerprint density at radius 3 is 2.11 bits per heavy atom. The highest BCUT2D eigenvalue weighted by molar-refractivity contribution is 6.30. The number of ether oxygens (including phenoxy) is 2. The van der Waals surface area contributed by atoms with Crippen LogP contribution in [0.25, 0.3) is 0 Å². The lowest BCUT2D eigenvalue weighted by molar-refractivity contribution is -0.153. The van der Waals surface area contributed by atoms with Crippen molar-refractivity contribution in [3.63, 3.8) is 0 Å². The maximum Gasteiger partial charge on any atom is 0.328 e. The van der Waals surface area contributed by atoms with Gasteiger partial charge in [0.2, 0.25) is 5.91 Å². The van der Waals surface area contributed by atoms with Gasteiger partial charge in [0.05, 0.1) is 11.4 Å². The Hall–Kier alpha value is -3.66. The van der Waals surface area contributed by atoms with Crippen molar-refractivity contribution < 1.29 is 28.7 Å². The van der Waals surface area contributed by atoms with Gasteiger partial charge in [-0.25, -0.2) is 14.6 Å². The Bertz CT molecular complexity index is 1170. The smallest absolute Gasteiger partial charge is 0.328 e. The number of carbonyl (C=O) groups excluding carboxylic acids is 4. The number of aromatic nitrogens is 1. The summed E-state index contributed by atoms with van der Waals surface area (Å²) in [7, 11) is 0. The highest BCUT2D eigenvalue weighted by Crippen LogP contribution is 2.17. The van der Waals surface area contributed by atoms with Crippen molar-refractivity contribution in [1.29, 1.82) is 0 Å². The standard InChI is InChI=1S/C35H51ClN4O6/c1-2-3-4-5-6-7-8-9-10-11-15-19-29(24-31(37)41)46-34(43)30(39-35(44)40-32-23-22-28(36)25-38-32)20-16-21-33(42)45-26-27-17-13-12-14-18-27/h12-14,17-18,22-23,25,29-30H,2-11,15-16,19-21,24,26H2,1H3,(H2,37,41)(H2,38,39,40,44)/t29-,30-/m0/s1. The maximum atomic E-state index is 13.3. The van der Waals surface area contributed by atoms with Crippen molar-refractivity contribution in [3.05, 3.63) is 59.2 Å². The molecule has 1 aromatic heterocycles. The molecule has 0 bridgehead atoms. The quantitative estimate of drug-likeness (QED) is 0.0775. The molecule has 0 radical (unpaired) electrons. The molecule has 0 fully saturated rings. The summed E-state index contributed by atoms with van der Waals surface area (Å²) in [6.07, 6.45) is 14.4. The summed E-state index contributed by atoms with van der Waals surface area (Å²) in [6, 6.07) is 10.6. The summed E-state index contributed by atoms with van der Waals surface area (Å²) in [4.78, 5) is 54.2. The first-order chi connectivity index (χ1) is 22.3. The first-order valence-electron chi connectivity index (χ1n) is 16.6. The maximum absolute atomic E-state index is 13.3. The number of unbranched alkanes of at least 4 members (excludes halogenated alkanes) is 10. The number of pyridine rings is 1. The molecule has 0 aliphatic carbocycles. The lowest BCUT2D eigenvalue weighted by atomic mass is 10.0. The van der Waals surface area contributed by atoms with Crippen LogP contribution in [0.5, 0.6) is 0 Å². The number of benzene rings is 1. The predicted octanol–water partition coefficient (Wildman–Crippen LogP) is 7.63. The zero-order chi connectivity index (χ0) is 33.4. The number of rotatable bonds is 24. The Morgan fingerprint density at radius 1 is 0.848 bits per heavy atom. The van der Waals surface area contributed by atoms with Crippen molar-refractivity contribution in [3.8, 4) is 0 Å². The molecule has 0 unspecified atom stereocenters. The highest BCUT2D eigenvalue weighted by Gasteiger charge is 2.26. The molecule has 0 saturated heterocycles. The lowest BCUT2D eigenvalue weighted by Crippen LogP contribution is -2.45. The largest absolute Gasteiger partial charge is 0.461 e. The van der Waals surface area contributed by atoms with E-state index in [2.05, 4.69) is 22.5 Å². The monoisotopic (exact) mass is 658 g/mol. The zero-order valence-electron chi connectivity index (χ0n) is 27.1. The van der Waals surface area contributed by atoms with E-state index in [1.54, 1.807) is 6.07 Å². The van der Waals surface area contributed by atoms with Crippen LogP contribution >= 0.6 is 11.6 Å². The summed E-state index contributed by atoms with van der Waals surface area (Å²) >= 11 is 5.87. The molecule has 46 heavy (non-hydrogen) atoms. The molecule has 4 N–H and O–H groups in total. The number of hydrogen-bond donors (Lipinski definition) is 3. The van der Waals surface area contributed by atoms with Crippen LogP contribution in [0.1, 0.15) is 115 Å². The van der Waals surface area contributed by atoms with Crippen molar-refractivity contribution >= 4 is 41.3 Å². The number of halogens is 1. The molecule has 1 aromatic carbocycles. The first kappa shape index (κ1) is 38.5. The molecule has 0 spiro atoms. The van der Waals surface area contributed by atoms with E-state index < -0.39 is 36.0 Å². The average Bonchev–Trinajstić information content (AvgIpc) is 3.03. The minimum atomic E-state index is -1.08. The van der Waals surface area contributed by atoms with E-state index in [9.17, 15) is 19.2 Å². The lowest BCUT2D eigenvalue weighted by Gasteiger charge is -2.22. The number of amides is 3. The number of urea groups is 1. The van der Waals surface area contributed by atoms with Crippen LogP contribution in [-0.4, -0.2) is 41.0 Å². The van der Waals surface area contributed by atoms with Gasteiger partial charge in [-0.15, -0.1) is 0 Å². The second kappa shape index (κ2) is 23.6. The fourth-order valence-electron chi connectivity index (χ4n) is 4.98. The summed E-state index contributed by atoms with van der Waals surface area (Å²) in [5.41, 5.74) is 6.32. The SMILES string of the molecule is CCCCCCCCCCCCC[C@@H](CC(N)=O)OC(=O)[C@H](CCCC(=O)OCc1ccccc1)NC(=O)Nc1ccc(Cl)cn1. The second-order valence-corrected chi connectivity index (χ2v) is 12.0. The number of nitrogens with zero attached hydrogens (tertiary/aromatic N) is 1. The molecule has 0 aliphatic heterocycles. The van der Waals surface area contributed by atoms with Crippen LogP contribution in [0.3, 0.4) is 0 Å². The average molecular weight is 659 g/mol. The van der Waals surface area contributed by atoms with Gasteiger partial charge < -0.3 is 20.5 Å². The Kier molecular flexibility index (Phi) is 19.8. The van der Waals surface area contributed by atoms with E-state index in [1.165, 1.54) is 57.2 Å². The fraction of sp³-hybridized carbons (Fsp3) is 0.571. The number of nitrogens with one attached hydrogen (secondary N) is 2. The predicted molar refractivity (Wildman–Crippen MR) is 180 cm³/mol. The van der Waals surface area contributed by atoms with Gasteiger partial charge in [0, 0.05) is 12.6 Å². The van der Waals surface area contributed by atoms with Gasteiger partial charge in [0.25, 0.3) is 0 Å². The van der Waals surface area contributed by atoms with Crippen molar-refractivity contribution in [1.82, 2.24) is 10.3 Å². The number of anilines is 1. The van der Waals surface area contributed by atoms with E-state index in [-0.39, 0.29) is 38.1 Å².